The number of nitrogens with zero attached hydrogens (tertiary/aromatic N) is 4. The molecule has 0 spiro atoms. The lowest BCUT2D eigenvalue weighted by molar-refractivity contribution is -0.117. The van der Waals surface area contributed by atoms with Crippen LogP contribution in [0.15, 0.2) is 18.3 Å². The summed E-state index contributed by atoms with van der Waals surface area (Å²) in [6.07, 6.45) is 5.46. The lowest BCUT2D eigenvalue weighted by atomic mass is 10.1. The van der Waals surface area contributed by atoms with Gasteiger partial charge >= 0.3 is 6.03 Å². The van der Waals surface area contributed by atoms with Gasteiger partial charge in [-0.3, -0.25) is 9.69 Å². The van der Waals surface area contributed by atoms with Crippen molar-refractivity contribution in [3.63, 3.8) is 0 Å². The first-order valence-electron chi connectivity index (χ1n) is 9.91. The minimum absolute atomic E-state index is 0.0264. The first-order chi connectivity index (χ1) is 13.2. The van der Waals surface area contributed by atoms with E-state index in [1.165, 1.54) is 19.3 Å². The predicted octanol–water partition coefficient (Wildman–Crippen LogP) is 1.36. The van der Waals surface area contributed by atoms with Crippen LogP contribution in [-0.2, 0) is 4.79 Å². The molecule has 0 radical (unpaired) electrons. The van der Waals surface area contributed by atoms with Crippen molar-refractivity contribution in [2.75, 3.05) is 62.6 Å². The molecule has 2 saturated heterocycles. The molecular weight excluding hydrogens is 344 g/mol. The Hall–Kier alpha value is -2.35. The van der Waals surface area contributed by atoms with Crippen LogP contribution in [0.1, 0.15) is 26.2 Å². The Morgan fingerprint density at radius 2 is 1.78 bits per heavy atom. The van der Waals surface area contributed by atoms with E-state index >= 15 is 0 Å². The molecule has 0 bridgehead atoms. The van der Waals surface area contributed by atoms with Crippen molar-refractivity contribution in [3.05, 3.63) is 18.3 Å². The molecule has 8 nitrogen and oxygen atoms in total. The van der Waals surface area contributed by atoms with Gasteiger partial charge in [-0.1, -0.05) is 0 Å². The second-order valence-electron chi connectivity index (χ2n) is 7.10. The number of piperidine rings is 1. The minimum atomic E-state index is -0.0472. The highest BCUT2D eigenvalue weighted by Crippen LogP contribution is 2.19. The van der Waals surface area contributed by atoms with Crippen molar-refractivity contribution in [1.29, 1.82) is 0 Å². The van der Waals surface area contributed by atoms with Crippen LogP contribution in [0.2, 0.25) is 0 Å². The van der Waals surface area contributed by atoms with E-state index in [4.69, 9.17) is 0 Å². The van der Waals surface area contributed by atoms with Crippen molar-refractivity contribution >= 4 is 23.4 Å². The second kappa shape index (κ2) is 9.55. The van der Waals surface area contributed by atoms with Crippen molar-refractivity contribution in [1.82, 2.24) is 20.1 Å². The first-order valence-corrected chi connectivity index (χ1v) is 9.91. The summed E-state index contributed by atoms with van der Waals surface area (Å²) in [6, 6.07) is 3.87. The highest BCUT2D eigenvalue weighted by Gasteiger charge is 2.22. The van der Waals surface area contributed by atoms with Crippen molar-refractivity contribution < 1.29 is 9.59 Å². The maximum absolute atomic E-state index is 12.3. The van der Waals surface area contributed by atoms with Crippen molar-refractivity contribution in [3.8, 4) is 0 Å². The van der Waals surface area contributed by atoms with E-state index in [1.54, 1.807) is 11.1 Å². The first kappa shape index (κ1) is 19.4. The van der Waals surface area contributed by atoms with Crippen LogP contribution in [0, 0.1) is 0 Å². The smallest absolute Gasteiger partial charge is 0.317 e. The number of pyridine rings is 1. The molecule has 0 atom stereocenters. The number of carbonyl (C=O) groups excluding carboxylic acids is 2. The van der Waals surface area contributed by atoms with E-state index in [0.29, 0.717) is 39.3 Å². The monoisotopic (exact) mass is 374 g/mol. The van der Waals surface area contributed by atoms with Gasteiger partial charge in [0, 0.05) is 45.8 Å². The van der Waals surface area contributed by atoms with E-state index in [9.17, 15) is 9.59 Å². The molecule has 2 aliphatic rings. The van der Waals surface area contributed by atoms with Crippen molar-refractivity contribution in [2.24, 2.45) is 0 Å². The van der Waals surface area contributed by atoms with E-state index in [1.807, 2.05) is 19.1 Å². The van der Waals surface area contributed by atoms with E-state index in [2.05, 4.69) is 25.4 Å². The fourth-order valence-corrected chi connectivity index (χ4v) is 3.55. The molecule has 0 saturated carbocycles. The summed E-state index contributed by atoms with van der Waals surface area (Å²) in [5, 5.41) is 5.73. The minimum Gasteiger partial charge on any atom is -0.357 e. The second-order valence-corrected chi connectivity index (χ2v) is 7.10. The molecule has 2 N–H and O–H groups in total. The molecule has 3 amide bonds. The number of carbonyl (C=O) groups is 2. The number of anilines is 2. The Labute approximate surface area is 160 Å². The zero-order chi connectivity index (χ0) is 19.1. The highest BCUT2D eigenvalue weighted by atomic mass is 16.2. The number of hydrogen-bond acceptors (Lipinski definition) is 5. The van der Waals surface area contributed by atoms with Gasteiger partial charge in [-0.25, -0.2) is 9.78 Å². The maximum atomic E-state index is 12.3. The summed E-state index contributed by atoms with van der Waals surface area (Å²) < 4.78 is 0. The quantitative estimate of drug-likeness (QED) is 0.813. The van der Waals surface area contributed by atoms with Gasteiger partial charge in [0.2, 0.25) is 5.91 Å². The van der Waals surface area contributed by atoms with E-state index in [-0.39, 0.29) is 11.9 Å². The van der Waals surface area contributed by atoms with Gasteiger partial charge in [0.1, 0.15) is 5.82 Å². The molecule has 2 aliphatic heterocycles. The normalized spacial score (nSPS) is 18.3. The summed E-state index contributed by atoms with van der Waals surface area (Å²) in [5.41, 5.74) is 0.724. The third kappa shape index (κ3) is 5.56. The van der Waals surface area contributed by atoms with Crippen LogP contribution in [0.4, 0.5) is 16.3 Å². The lowest BCUT2D eigenvalue weighted by Crippen LogP contribution is -2.53. The average Bonchev–Trinajstić information content (AvgIpc) is 2.70. The van der Waals surface area contributed by atoms with Crippen molar-refractivity contribution in [2.45, 2.75) is 26.2 Å². The SMILES string of the molecule is CCNC(=O)N1CCN(CC(=O)Nc2ccc(N3CCCCC3)nc2)CC1. The van der Waals surface area contributed by atoms with Gasteiger partial charge < -0.3 is 20.4 Å². The number of amides is 3. The number of rotatable bonds is 5. The summed E-state index contributed by atoms with van der Waals surface area (Å²) in [5.74, 6) is 0.933. The molecular formula is C19H30N6O2. The molecule has 8 heteroatoms. The number of piperazine rings is 1. The van der Waals surface area contributed by atoms with Gasteiger partial charge in [0.25, 0.3) is 0 Å². The summed E-state index contributed by atoms with van der Waals surface area (Å²) in [6.45, 7) is 7.68. The molecule has 0 aliphatic carbocycles. The van der Waals surface area contributed by atoms with Crippen LogP contribution < -0.4 is 15.5 Å². The van der Waals surface area contributed by atoms with Gasteiger partial charge in [-0.2, -0.15) is 0 Å². The number of nitrogens with one attached hydrogen (secondary N) is 2. The highest BCUT2D eigenvalue weighted by molar-refractivity contribution is 5.92. The predicted molar refractivity (Wildman–Crippen MR) is 106 cm³/mol. The van der Waals surface area contributed by atoms with Crippen LogP contribution >= 0.6 is 0 Å². The lowest BCUT2D eigenvalue weighted by Gasteiger charge is -2.34. The zero-order valence-corrected chi connectivity index (χ0v) is 16.1. The standard InChI is InChI=1S/C19H30N6O2/c1-2-20-19(27)25-12-10-23(11-13-25)15-18(26)22-16-6-7-17(21-14-16)24-8-4-3-5-9-24/h6-7,14H,2-5,8-13,15H2,1H3,(H,20,27)(H,22,26). The number of hydrogen-bond donors (Lipinski definition) is 2. The maximum Gasteiger partial charge on any atom is 0.317 e. The molecule has 27 heavy (non-hydrogen) atoms. The topological polar surface area (TPSA) is 80.8 Å². The number of urea groups is 1. The third-order valence-electron chi connectivity index (χ3n) is 5.07. The number of aromatic nitrogens is 1. The summed E-state index contributed by atoms with van der Waals surface area (Å²) in [4.78, 5) is 34.8. The van der Waals surface area contributed by atoms with Crippen LogP contribution in [0.5, 0.6) is 0 Å². The Balaban J connectivity index is 1.42. The fraction of sp³-hybridized carbons (Fsp3) is 0.632. The third-order valence-corrected chi connectivity index (χ3v) is 5.07. The molecule has 1 aromatic heterocycles. The molecule has 1 aromatic rings. The van der Waals surface area contributed by atoms with Crippen LogP contribution in [0.3, 0.4) is 0 Å². The molecule has 3 rings (SSSR count). The molecule has 0 aromatic carbocycles. The molecule has 3 heterocycles. The Bertz CT molecular complexity index is 622. The Kier molecular flexibility index (Phi) is 6.86. The van der Waals surface area contributed by atoms with Gasteiger partial charge in [-0.05, 0) is 38.3 Å². The molecule has 148 valence electrons. The Morgan fingerprint density at radius 1 is 1.04 bits per heavy atom. The van der Waals surface area contributed by atoms with E-state index < -0.39 is 0 Å². The zero-order valence-electron chi connectivity index (χ0n) is 16.1. The molecule has 2 fully saturated rings. The molecule has 0 unspecified atom stereocenters. The summed E-state index contributed by atoms with van der Waals surface area (Å²) >= 11 is 0. The Morgan fingerprint density at radius 3 is 2.41 bits per heavy atom. The summed E-state index contributed by atoms with van der Waals surface area (Å²) in [7, 11) is 0. The largest absolute Gasteiger partial charge is 0.357 e. The van der Waals surface area contributed by atoms with Crippen LogP contribution in [-0.4, -0.2) is 79.1 Å². The van der Waals surface area contributed by atoms with Gasteiger partial charge in [0.15, 0.2) is 0 Å². The van der Waals surface area contributed by atoms with Gasteiger partial charge in [-0.15, -0.1) is 0 Å². The van der Waals surface area contributed by atoms with Crippen LogP contribution in [0.25, 0.3) is 0 Å². The fourth-order valence-electron chi connectivity index (χ4n) is 3.55. The average molecular weight is 374 g/mol. The van der Waals surface area contributed by atoms with Gasteiger partial charge in [0.05, 0.1) is 18.4 Å². The van der Waals surface area contributed by atoms with E-state index in [0.717, 1.165) is 24.6 Å².